The Balaban J connectivity index is 1.30. The van der Waals surface area contributed by atoms with Gasteiger partial charge in [-0.3, -0.25) is 14.4 Å². The topological polar surface area (TPSA) is 57.7 Å². The molecule has 2 aliphatic rings. The lowest BCUT2D eigenvalue weighted by Crippen LogP contribution is -2.43. The minimum Gasteiger partial charge on any atom is -0.342 e. The van der Waals surface area contributed by atoms with E-state index in [1.54, 1.807) is 4.90 Å². The second kappa shape index (κ2) is 9.04. The van der Waals surface area contributed by atoms with E-state index in [1.807, 2.05) is 67.3 Å². The van der Waals surface area contributed by atoms with Crippen LogP contribution in [0.3, 0.4) is 0 Å². The summed E-state index contributed by atoms with van der Waals surface area (Å²) in [7, 11) is 0. The van der Waals surface area contributed by atoms with Crippen LogP contribution in [0.1, 0.15) is 46.3 Å². The Labute approximate surface area is 184 Å². The standard InChI is InChI=1S/C26H30N2O3/c1-18-3-7-20(8-4-18)16-28-17-23(15-24(28)29)26(31)27-13-11-22(12-14-27)25(30)21-9-5-19(2)6-10-21/h3-10,22-23H,11-17H2,1-2H3. The maximum atomic E-state index is 13.0. The molecular weight excluding hydrogens is 388 g/mol. The number of piperidine rings is 1. The lowest BCUT2D eigenvalue weighted by molar-refractivity contribution is -0.137. The number of carbonyl (C=O) groups is 3. The Kier molecular flexibility index (Phi) is 6.21. The fraction of sp³-hybridized carbons (Fsp3) is 0.423. The molecule has 0 saturated carbocycles. The van der Waals surface area contributed by atoms with Crippen LogP contribution in [0.4, 0.5) is 0 Å². The first-order chi connectivity index (χ1) is 14.9. The summed E-state index contributed by atoms with van der Waals surface area (Å²) in [5.74, 6) is -0.0333. The first-order valence-corrected chi connectivity index (χ1v) is 11.1. The van der Waals surface area contributed by atoms with Crippen molar-refractivity contribution >= 4 is 17.6 Å². The van der Waals surface area contributed by atoms with Crippen LogP contribution >= 0.6 is 0 Å². The highest BCUT2D eigenvalue weighted by atomic mass is 16.2. The van der Waals surface area contributed by atoms with Gasteiger partial charge < -0.3 is 9.80 Å². The minimum atomic E-state index is -0.276. The molecule has 162 valence electrons. The summed E-state index contributed by atoms with van der Waals surface area (Å²) in [4.78, 5) is 41.9. The number of nitrogens with zero attached hydrogens (tertiary/aromatic N) is 2. The van der Waals surface area contributed by atoms with Crippen molar-refractivity contribution in [3.63, 3.8) is 0 Å². The van der Waals surface area contributed by atoms with Gasteiger partial charge in [0.2, 0.25) is 11.8 Å². The summed E-state index contributed by atoms with van der Waals surface area (Å²) in [6.07, 6.45) is 1.66. The van der Waals surface area contributed by atoms with Crippen LogP contribution in [-0.2, 0) is 16.1 Å². The van der Waals surface area contributed by atoms with Gasteiger partial charge in [0.05, 0.1) is 5.92 Å². The third-order valence-electron chi connectivity index (χ3n) is 6.57. The molecule has 2 aromatic carbocycles. The Hall–Kier alpha value is -2.95. The quantitative estimate of drug-likeness (QED) is 0.695. The van der Waals surface area contributed by atoms with Crippen molar-refractivity contribution in [3.05, 3.63) is 70.8 Å². The van der Waals surface area contributed by atoms with Crippen molar-refractivity contribution in [3.8, 4) is 0 Å². The molecule has 1 atom stereocenters. The molecule has 4 rings (SSSR count). The Bertz CT molecular complexity index is 957. The van der Waals surface area contributed by atoms with E-state index in [1.165, 1.54) is 5.56 Å². The second-order valence-electron chi connectivity index (χ2n) is 8.99. The highest BCUT2D eigenvalue weighted by Gasteiger charge is 2.38. The van der Waals surface area contributed by atoms with Crippen molar-refractivity contribution in [2.75, 3.05) is 19.6 Å². The molecule has 0 aliphatic carbocycles. The highest BCUT2D eigenvalue weighted by molar-refractivity contribution is 5.98. The van der Waals surface area contributed by atoms with Gasteiger partial charge in [0.15, 0.2) is 5.78 Å². The monoisotopic (exact) mass is 418 g/mol. The van der Waals surface area contributed by atoms with Crippen molar-refractivity contribution in [2.45, 2.75) is 39.7 Å². The number of hydrogen-bond donors (Lipinski definition) is 0. The van der Waals surface area contributed by atoms with E-state index in [0.29, 0.717) is 39.0 Å². The van der Waals surface area contributed by atoms with Gasteiger partial charge in [0.25, 0.3) is 0 Å². The Morgan fingerprint density at radius 2 is 1.45 bits per heavy atom. The molecule has 1 unspecified atom stereocenters. The van der Waals surface area contributed by atoms with Gasteiger partial charge in [-0.05, 0) is 32.3 Å². The molecule has 2 aliphatic heterocycles. The number of aryl methyl sites for hydroxylation is 2. The molecule has 0 bridgehead atoms. The molecular formula is C26H30N2O3. The summed E-state index contributed by atoms with van der Waals surface area (Å²) < 4.78 is 0. The van der Waals surface area contributed by atoms with Crippen molar-refractivity contribution in [1.29, 1.82) is 0 Å². The van der Waals surface area contributed by atoms with E-state index >= 15 is 0 Å². The largest absolute Gasteiger partial charge is 0.342 e. The van der Waals surface area contributed by atoms with Gasteiger partial charge in [-0.15, -0.1) is 0 Å². The molecule has 0 aromatic heterocycles. The Morgan fingerprint density at radius 1 is 0.871 bits per heavy atom. The number of likely N-dealkylation sites (tertiary alicyclic amines) is 2. The van der Waals surface area contributed by atoms with Gasteiger partial charge >= 0.3 is 0 Å². The van der Waals surface area contributed by atoms with E-state index in [4.69, 9.17) is 0 Å². The number of rotatable bonds is 5. The zero-order valence-corrected chi connectivity index (χ0v) is 18.3. The van der Waals surface area contributed by atoms with Crippen LogP contribution in [0.15, 0.2) is 48.5 Å². The van der Waals surface area contributed by atoms with E-state index < -0.39 is 0 Å². The van der Waals surface area contributed by atoms with E-state index in [2.05, 4.69) is 0 Å². The molecule has 5 nitrogen and oxygen atoms in total. The number of amides is 2. The van der Waals surface area contributed by atoms with Crippen LogP contribution in [0.2, 0.25) is 0 Å². The summed E-state index contributed by atoms with van der Waals surface area (Å²) in [6.45, 7) is 6.25. The number of benzene rings is 2. The molecule has 31 heavy (non-hydrogen) atoms. The Morgan fingerprint density at radius 3 is 2.06 bits per heavy atom. The van der Waals surface area contributed by atoms with E-state index in [0.717, 1.165) is 16.7 Å². The highest BCUT2D eigenvalue weighted by Crippen LogP contribution is 2.27. The van der Waals surface area contributed by atoms with Gasteiger partial charge in [-0.1, -0.05) is 59.7 Å². The third-order valence-corrected chi connectivity index (χ3v) is 6.57. The SMILES string of the molecule is Cc1ccc(CN2CC(C(=O)N3CCC(C(=O)c4ccc(C)cc4)CC3)CC2=O)cc1. The predicted molar refractivity (Wildman–Crippen MR) is 120 cm³/mol. The van der Waals surface area contributed by atoms with Crippen LogP contribution in [-0.4, -0.2) is 47.0 Å². The predicted octanol–water partition coefficient (Wildman–Crippen LogP) is 3.77. The van der Waals surface area contributed by atoms with E-state index in [9.17, 15) is 14.4 Å². The number of Topliss-reactive ketones (excluding diaryl/α,β-unsaturated/α-hetero) is 1. The second-order valence-corrected chi connectivity index (χ2v) is 8.99. The lowest BCUT2D eigenvalue weighted by atomic mass is 9.88. The van der Waals surface area contributed by atoms with Crippen LogP contribution in [0, 0.1) is 25.7 Å². The van der Waals surface area contributed by atoms with Gasteiger partial charge in [-0.2, -0.15) is 0 Å². The molecule has 2 amide bonds. The normalized spacial score (nSPS) is 19.7. The molecule has 2 aromatic rings. The molecule has 0 spiro atoms. The van der Waals surface area contributed by atoms with Gasteiger partial charge in [0, 0.05) is 44.1 Å². The van der Waals surface area contributed by atoms with Crippen LogP contribution in [0.25, 0.3) is 0 Å². The summed E-state index contributed by atoms with van der Waals surface area (Å²) in [6, 6.07) is 15.9. The maximum absolute atomic E-state index is 13.0. The average Bonchev–Trinajstić information content (AvgIpc) is 3.15. The van der Waals surface area contributed by atoms with Crippen LogP contribution in [0.5, 0.6) is 0 Å². The smallest absolute Gasteiger partial charge is 0.227 e. The van der Waals surface area contributed by atoms with Gasteiger partial charge in [0.1, 0.15) is 0 Å². The fourth-order valence-corrected chi connectivity index (χ4v) is 4.58. The van der Waals surface area contributed by atoms with Crippen molar-refractivity contribution in [2.24, 2.45) is 11.8 Å². The fourth-order valence-electron chi connectivity index (χ4n) is 4.58. The molecule has 2 saturated heterocycles. The molecule has 0 N–H and O–H groups in total. The third kappa shape index (κ3) is 4.87. The summed E-state index contributed by atoms with van der Waals surface area (Å²) in [5, 5.41) is 0. The van der Waals surface area contributed by atoms with Gasteiger partial charge in [-0.25, -0.2) is 0 Å². The molecule has 2 fully saturated rings. The zero-order chi connectivity index (χ0) is 22.0. The average molecular weight is 419 g/mol. The minimum absolute atomic E-state index is 0.0324. The first-order valence-electron chi connectivity index (χ1n) is 11.1. The molecule has 5 heteroatoms. The summed E-state index contributed by atoms with van der Waals surface area (Å²) >= 11 is 0. The van der Waals surface area contributed by atoms with E-state index in [-0.39, 0.29) is 35.9 Å². The molecule has 0 radical (unpaired) electrons. The van der Waals surface area contributed by atoms with Crippen molar-refractivity contribution < 1.29 is 14.4 Å². The lowest BCUT2D eigenvalue weighted by Gasteiger charge is -2.33. The molecule has 2 heterocycles. The maximum Gasteiger partial charge on any atom is 0.227 e. The van der Waals surface area contributed by atoms with Crippen molar-refractivity contribution in [1.82, 2.24) is 9.80 Å². The summed E-state index contributed by atoms with van der Waals surface area (Å²) in [5.41, 5.74) is 4.17. The number of hydrogen-bond acceptors (Lipinski definition) is 3. The first kappa shape index (κ1) is 21.3. The number of ketones is 1. The number of carbonyl (C=O) groups excluding carboxylic acids is 3. The van der Waals surface area contributed by atoms with Crippen LogP contribution < -0.4 is 0 Å². The zero-order valence-electron chi connectivity index (χ0n) is 18.3.